The first-order valence-electron chi connectivity index (χ1n) is 8.65. The lowest BCUT2D eigenvalue weighted by Gasteiger charge is -2.31. The Morgan fingerprint density at radius 2 is 1.81 bits per heavy atom. The highest BCUT2D eigenvalue weighted by molar-refractivity contribution is 6.01. The first-order valence-corrected chi connectivity index (χ1v) is 8.65. The van der Waals surface area contributed by atoms with Crippen LogP contribution >= 0.6 is 12.4 Å². The van der Waals surface area contributed by atoms with E-state index in [4.69, 9.17) is 5.11 Å². The number of likely N-dealkylation sites (tertiary alicyclic amines) is 1. The van der Waals surface area contributed by atoms with Crippen LogP contribution in [0.2, 0.25) is 0 Å². The molecule has 2 heterocycles. The normalized spacial score (nSPS) is 21.6. The molecule has 0 aromatic heterocycles. The highest BCUT2D eigenvalue weighted by Gasteiger charge is 2.26. The van der Waals surface area contributed by atoms with Crippen LogP contribution in [0.1, 0.15) is 37.2 Å². The van der Waals surface area contributed by atoms with Gasteiger partial charge in [-0.15, -0.1) is 12.4 Å². The van der Waals surface area contributed by atoms with Crippen molar-refractivity contribution in [2.45, 2.75) is 37.6 Å². The lowest BCUT2D eigenvalue weighted by molar-refractivity contribution is -0.138. The van der Waals surface area contributed by atoms with Gasteiger partial charge in [-0.3, -0.25) is 24.6 Å². The summed E-state index contributed by atoms with van der Waals surface area (Å²) in [6.07, 6.45) is 2.77. The number of nitrogens with zero attached hydrogens (tertiary/aromatic N) is 1. The summed E-state index contributed by atoms with van der Waals surface area (Å²) in [6, 6.07) is 7.67. The highest BCUT2D eigenvalue weighted by atomic mass is 35.5. The fourth-order valence-electron chi connectivity index (χ4n) is 3.50. The zero-order valence-electron chi connectivity index (χ0n) is 14.4. The number of piperidine rings is 2. The third kappa shape index (κ3) is 5.19. The molecule has 7 nitrogen and oxygen atoms in total. The van der Waals surface area contributed by atoms with Crippen LogP contribution in [0.4, 0.5) is 5.69 Å². The molecule has 0 aliphatic carbocycles. The van der Waals surface area contributed by atoms with Gasteiger partial charge in [0, 0.05) is 12.1 Å². The van der Waals surface area contributed by atoms with Crippen LogP contribution in [-0.2, 0) is 14.4 Å². The molecule has 26 heavy (non-hydrogen) atoms. The van der Waals surface area contributed by atoms with Crippen molar-refractivity contribution in [3.05, 3.63) is 29.8 Å². The maximum atomic E-state index is 11.8. The quantitative estimate of drug-likeness (QED) is 0.670. The van der Waals surface area contributed by atoms with E-state index in [0.717, 1.165) is 31.6 Å². The third-order valence-electron chi connectivity index (χ3n) is 4.91. The standard InChI is InChI=1S/C18H23N3O4.ClH/c22-16-6-5-15(18(25)20-16)19-14-3-1-12(2-4-14)13-7-9-21(10-8-13)11-17(23)24;/h1-4,13,15,19H,5-11H2,(H,23,24)(H,20,22,25);1H/t15-;/m1./s1. The van der Waals surface area contributed by atoms with E-state index in [-0.39, 0.29) is 36.8 Å². The average molecular weight is 382 g/mol. The second-order valence-corrected chi connectivity index (χ2v) is 6.71. The van der Waals surface area contributed by atoms with Crippen LogP contribution in [0.15, 0.2) is 24.3 Å². The second-order valence-electron chi connectivity index (χ2n) is 6.71. The van der Waals surface area contributed by atoms with Gasteiger partial charge in [0.2, 0.25) is 11.8 Å². The molecule has 0 radical (unpaired) electrons. The van der Waals surface area contributed by atoms with Gasteiger partial charge in [0.15, 0.2) is 0 Å². The van der Waals surface area contributed by atoms with E-state index in [1.54, 1.807) is 0 Å². The number of anilines is 1. The molecule has 2 aliphatic rings. The van der Waals surface area contributed by atoms with Gasteiger partial charge in [0.1, 0.15) is 6.04 Å². The van der Waals surface area contributed by atoms with E-state index >= 15 is 0 Å². The van der Waals surface area contributed by atoms with E-state index in [1.165, 1.54) is 5.56 Å². The Morgan fingerprint density at radius 1 is 1.15 bits per heavy atom. The molecule has 3 rings (SSSR count). The molecule has 3 N–H and O–H groups in total. The van der Waals surface area contributed by atoms with Crippen molar-refractivity contribution in [2.75, 3.05) is 25.0 Å². The van der Waals surface area contributed by atoms with Gasteiger partial charge in [-0.05, 0) is 56.0 Å². The van der Waals surface area contributed by atoms with Crippen molar-refractivity contribution in [1.29, 1.82) is 0 Å². The summed E-state index contributed by atoms with van der Waals surface area (Å²) in [5.74, 6) is -0.823. The number of aliphatic carboxylic acids is 1. The number of nitrogens with one attached hydrogen (secondary N) is 2. The van der Waals surface area contributed by atoms with Gasteiger partial charge in [0.25, 0.3) is 0 Å². The Morgan fingerprint density at radius 3 is 2.38 bits per heavy atom. The molecule has 1 atom stereocenters. The number of imide groups is 1. The molecule has 2 amide bonds. The Labute approximate surface area is 158 Å². The monoisotopic (exact) mass is 381 g/mol. The van der Waals surface area contributed by atoms with E-state index < -0.39 is 5.97 Å². The number of rotatable bonds is 5. The molecule has 0 saturated carbocycles. The number of carbonyl (C=O) groups excluding carboxylic acids is 2. The summed E-state index contributed by atoms with van der Waals surface area (Å²) in [5.41, 5.74) is 2.10. The number of hydrogen-bond acceptors (Lipinski definition) is 5. The first kappa shape index (κ1) is 20.2. The molecule has 8 heteroatoms. The topological polar surface area (TPSA) is 98.7 Å². The minimum atomic E-state index is -0.776. The van der Waals surface area contributed by atoms with Crippen molar-refractivity contribution in [2.24, 2.45) is 0 Å². The maximum absolute atomic E-state index is 11.8. The zero-order chi connectivity index (χ0) is 17.8. The van der Waals surface area contributed by atoms with Gasteiger partial charge < -0.3 is 10.4 Å². The fourth-order valence-corrected chi connectivity index (χ4v) is 3.50. The van der Waals surface area contributed by atoms with Crippen molar-refractivity contribution < 1.29 is 19.5 Å². The van der Waals surface area contributed by atoms with E-state index in [0.29, 0.717) is 18.8 Å². The van der Waals surface area contributed by atoms with E-state index in [2.05, 4.69) is 22.8 Å². The lowest BCUT2D eigenvalue weighted by Crippen LogP contribution is -2.47. The molecule has 2 aliphatic heterocycles. The summed E-state index contributed by atoms with van der Waals surface area (Å²) in [5, 5.41) is 14.4. The minimum absolute atomic E-state index is 0. The average Bonchev–Trinajstić information content (AvgIpc) is 2.58. The number of halogens is 1. The number of carboxylic acids is 1. The number of carbonyl (C=O) groups is 3. The molecule has 1 aromatic rings. The number of benzene rings is 1. The molecule has 0 unspecified atom stereocenters. The van der Waals surface area contributed by atoms with Gasteiger partial charge in [0.05, 0.1) is 6.54 Å². The van der Waals surface area contributed by atoms with Crippen LogP contribution in [0, 0.1) is 0 Å². The van der Waals surface area contributed by atoms with E-state index in [9.17, 15) is 14.4 Å². The largest absolute Gasteiger partial charge is 0.480 e. The molecule has 2 saturated heterocycles. The Hall–Kier alpha value is -2.12. The molecule has 0 bridgehead atoms. The Kier molecular flexibility index (Phi) is 6.99. The summed E-state index contributed by atoms with van der Waals surface area (Å²) in [6.45, 7) is 1.71. The Balaban J connectivity index is 0.00000243. The predicted molar refractivity (Wildman–Crippen MR) is 99.5 cm³/mol. The molecule has 2 fully saturated rings. The molecular formula is C18H24ClN3O4. The summed E-state index contributed by atoms with van der Waals surface area (Å²) in [4.78, 5) is 35.7. The van der Waals surface area contributed by atoms with E-state index in [1.807, 2.05) is 17.0 Å². The van der Waals surface area contributed by atoms with Crippen molar-refractivity contribution in [3.63, 3.8) is 0 Å². The van der Waals surface area contributed by atoms with Crippen molar-refractivity contribution in [1.82, 2.24) is 10.2 Å². The summed E-state index contributed by atoms with van der Waals surface area (Å²) < 4.78 is 0. The zero-order valence-corrected chi connectivity index (χ0v) is 15.3. The summed E-state index contributed by atoms with van der Waals surface area (Å²) in [7, 11) is 0. The smallest absolute Gasteiger partial charge is 0.317 e. The Bertz CT molecular complexity index is 657. The van der Waals surface area contributed by atoms with Gasteiger partial charge in [-0.1, -0.05) is 12.1 Å². The highest BCUT2D eigenvalue weighted by Crippen LogP contribution is 2.29. The SMILES string of the molecule is Cl.O=C(O)CN1CCC(c2ccc(N[C@@H]3CCC(=O)NC3=O)cc2)CC1. The third-order valence-corrected chi connectivity index (χ3v) is 4.91. The van der Waals surface area contributed by atoms with Crippen LogP contribution in [-0.4, -0.2) is 53.5 Å². The molecular weight excluding hydrogens is 358 g/mol. The van der Waals surface area contributed by atoms with Crippen LogP contribution in [0.5, 0.6) is 0 Å². The number of amides is 2. The van der Waals surface area contributed by atoms with Crippen LogP contribution in [0.3, 0.4) is 0 Å². The van der Waals surface area contributed by atoms with Gasteiger partial charge in [-0.25, -0.2) is 0 Å². The predicted octanol–water partition coefficient (Wildman–Crippen LogP) is 1.59. The van der Waals surface area contributed by atoms with Gasteiger partial charge >= 0.3 is 5.97 Å². The van der Waals surface area contributed by atoms with Crippen molar-refractivity contribution in [3.8, 4) is 0 Å². The minimum Gasteiger partial charge on any atom is -0.480 e. The van der Waals surface area contributed by atoms with Gasteiger partial charge in [-0.2, -0.15) is 0 Å². The second kappa shape index (κ2) is 9.00. The van der Waals surface area contributed by atoms with Crippen molar-refractivity contribution >= 4 is 35.9 Å². The maximum Gasteiger partial charge on any atom is 0.317 e. The molecule has 0 spiro atoms. The van der Waals surface area contributed by atoms with Crippen LogP contribution in [0.25, 0.3) is 0 Å². The fraction of sp³-hybridized carbons (Fsp3) is 0.500. The summed E-state index contributed by atoms with van der Waals surface area (Å²) >= 11 is 0. The first-order chi connectivity index (χ1) is 12.0. The molecule has 142 valence electrons. The van der Waals surface area contributed by atoms with Crippen LogP contribution < -0.4 is 10.6 Å². The number of carboxylic acid groups (broad SMARTS) is 1. The lowest BCUT2D eigenvalue weighted by atomic mass is 9.89. The number of hydrogen-bond donors (Lipinski definition) is 3. The molecule has 1 aromatic carbocycles.